The van der Waals surface area contributed by atoms with Crippen molar-refractivity contribution in [2.24, 2.45) is 0 Å². The first kappa shape index (κ1) is 15.9. The molecule has 0 bridgehead atoms. The quantitative estimate of drug-likeness (QED) is 0.663. The fraction of sp³-hybridized carbons (Fsp3) is 0.462. The van der Waals surface area contributed by atoms with Crippen LogP contribution in [-0.4, -0.2) is 28.6 Å². The summed E-state index contributed by atoms with van der Waals surface area (Å²) in [5, 5.41) is 19.8. The normalized spacial score (nSPS) is 11.2. The maximum absolute atomic E-state index is 14.0. The molecule has 0 atom stereocenters. The van der Waals surface area contributed by atoms with E-state index in [0.29, 0.717) is 12.5 Å². The molecule has 0 aromatic heterocycles. The van der Waals surface area contributed by atoms with Crippen molar-refractivity contribution in [1.82, 2.24) is 0 Å². The Kier molecular flexibility index (Phi) is 4.32. The van der Waals surface area contributed by atoms with E-state index in [1.54, 1.807) is 11.9 Å². The Morgan fingerprint density at radius 2 is 2.05 bits per heavy atom. The van der Waals surface area contributed by atoms with Gasteiger partial charge in [-0.05, 0) is 26.3 Å². The van der Waals surface area contributed by atoms with Crippen LogP contribution in [0.3, 0.4) is 0 Å². The number of aromatic carboxylic acids is 1. The van der Waals surface area contributed by atoms with Gasteiger partial charge in [0.1, 0.15) is 5.56 Å². The second-order valence-corrected chi connectivity index (χ2v) is 5.11. The summed E-state index contributed by atoms with van der Waals surface area (Å²) in [7, 11) is 1.62. The smallest absolute Gasteiger partial charge is 0.342 e. The van der Waals surface area contributed by atoms with E-state index in [1.807, 2.05) is 20.8 Å². The summed E-state index contributed by atoms with van der Waals surface area (Å²) >= 11 is 0. The highest BCUT2D eigenvalue weighted by atomic mass is 19.1. The number of nitro groups is 1. The maximum Gasteiger partial charge on any atom is 0.342 e. The number of hydrogen-bond acceptors (Lipinski definition) is 4. The fourth-order valence-corrected chi connectivity index (χ4v) is 1.69. The number of nitro benzene ring substituents is 1. The average molecular weight is 284 g/mol. The molecule has 0 radical (unpaired) electrons. The Labute approximate surface area is 116 Å². The van der Waals surface area contributed by atoms with Crippen LogP contribution in [0, 0.1) is 15.9 Å². The van der Waals surface area contributed by atoms with Crippen molar-refractivity contribution in [3.05, 3.63) is 33.6 Å². The first-order valence-corrected chi connectivity index (χ1v) is 6.07. The number of anilines is 1. The van der Waals surface area contributed by atoms with E-state index in [0.717, 1.165) is 6.07 Å². The van der Waals surface area contributed by atoms with Gasteiger partial charge in [0.2, 0.25) is 0 Å². The molecular formula is C13H17FN2O4. The van der Waals surface area contributed by atoms with Crippen LogP contribution in [0.15, 0.2) is 12.1 Å². The van der Waals surface area contributed by atoms with Crippen molar-refractivity contribution >= 4 is 17.3 Å². The van der Waals surface area contributed by atoms with Crippen molar-refractivity contribution < 1.29 is 19.2 Å². The highest BCUT2D eigenvalue weighted by Crippen LogP contribution is 2.32. The van der Waals surface area contributed by atoms with Gasteiger partial charge in [0.05, 0.1) is 16.7 Å². The molecule has 0 saturated heterocycles. The molecule has 1 aromatic rings. The zero-order chi connectivity index (χ0) is 15.7. The molecule has 0 spiro atoms. The van der Waals surface area contributed by atoms with Crippen molar-refractivity contribution in [3.63, 3.8) is 0 Å². The number of carbonyl (C=O) groups is 1. The second kappa shape index (κ2) is 5.44. The van der Waals surface area contributed by atoms with Crippen LogP contribution in [0.4, 0.5) is 15.8 Å². The van der Waals surface area contributed by atoms with E-state index in [1.165, 1.54) is 0 Å². The molecule has 20 heavy (non-hydrogen) atoms. The average Bonchev–Trinajstić information content (AvgIpc) is 2.37. The Morgan fingerprint density at radius 3 is 2.45 bits per heavy atom. The SMILES string of the molecule is CCC(C)(C)N(C)c1cc(C(=O)O)c([N+](=O)[O-])cc1F. The first-order chi connectivity index (χ1) is 9.11. The van der Waals surface area contributed by atoms with E-state index in [4.69, 9.17) is 5.11 Å². The zero-order valence-corrected chi connectivity index (χ0v) is 11.8. The molecule has 0 aliphatic heterocycles. The van der Waals surface area contributed by atoms with Crippen LogP contribution >= 0.6 is 0 Å². The third-order valence-corrected chi connectivity index (χ3v) is 3.63. The fourth-order valence-electron chi connectivity index (χ4n) is 1.69. The van der Waals surface area contributed by atoms with Gasteiger partial charge >= 0.3 is 5.97 Å². The minimum atomic E-state index is -1.46. The monoisotopic (exact) mass is 284 g/mol. The summed E-state index contributed by atoms with van der Waals surface area (Å²) in [6.45, 7) is 5.65. The Bertz CT molecular complexity index is 558. The van der Waals surface area contributed by atoms with Crippen LogP contribution in [0.5, 0.6) is 0 Å². The number of halogens is 1. The summed E-state index contributed by atoms with van der Waals surface area (Å²) in [6, 6.07) is 1.66. The molecule has 110 valence electrons. The molecule has 0 aliphatic rings. The van der Waals surface area contributed by atoms with Crippen molar-refractivity contribution in [2.75, 3.05) is 11.9 Å². The zero-order valence-electron chi connectivity index (χ0n) is 11.8. The molecule has 0 aliphatic carbocycles. The number of nitrogens with zero attached hydrogens (tertiary/aromatic N) is 2. The van der Waals surface area contributed by atoms with E-state index in [9.17, 15) is 19.3 Å². The Balaban J connectivity index is 3.47. The van der Waals surface area contributed by atoms with E-state index >= 15 is 0 Å². The lowest BCUT2D eigenvalue weighted by molar-refractivity contribution is -0.385. The van der Waals surface area contributed by atoms with E-state index in [2.05, 4.69) is 0 Å². The van der Waals surface area contributed by atoms with Crippen molar-refractivity contribution in [2.45, 2.75) is 32.7 Å². The van der Waals surface area contributed by atoms with Crippen LogP contribution in [0.1, 0.15) is 37.6 Å². The van der Waals surface area contributed by atoms with Gasteiger partial charge in [-0.1, -0.05) is 6.92 Å². The summed E-state index contributed by atoms with van der Waals surface area (Å²) < 4.78 is 14.0. The lowest BCUT2D eigenvalue weighted by atomic mass is 9.98. The third kappa shape index (κ3) is 2.87. The van der Waals surface area contributed by atoms with E-state index < -0.39 is 33.5 Å². The molecule has 0 saturated carbocycles. The molecule has 0 unspecified atom stereocenters. The Morgan fingerprint density at radius 1 is 1.50 bits per heavy atom. The molecule has 6 nitrogen and oxygen atoms in total. The Hall–Kier alpha value is -2.18. The molecule has 7 heteroatoms. The van der Waals surface area contributed by atoms with Gasteiger partial charge in [0.15, 0.2) is 5.82 Å². The predicted molar refractivity (Wildman–Crippen MR) is 72.8 cm³/mol. The van der Waals surface area contributed by atoms with Crippen molar-refractivity contribution in [3.8, 4) is 0 Å². The van der Waals surface area contributed by atoms with Gasteiger partial charge in [0.25, 0.3) is 5.69 Å². The van der Waals surface area contributed by atoms with Crippen LogP contribution in [-0.2, 0) is 0 Å². The number of carboxylic acids is 1. The lowest BCUT2D eigenvalue weighted by Crippen LogP contribution is -2.41. The molecule has 1 rings (SSSR count). The van der Waals surface area contributed by atoms with Gasteiger partial charge in [-0.15, -0.1) is 0 Å². The van der Waals surface area contributed by atoms with Crippen LogP contribution < -0.4 is 4.90 Å². The molecule has 0 fully saturated rings. The number of rotatable bonds is 5. The summed E-state index contributed by atoms with van der Waals surface area (Å²) in [5.41, 5.74) is -1.65. The van der Waals surface area contributed by atoms with E-state index in [-0.39, 0.29) is 5.69 Å². The second-order valence-electron chi connectivity index (χ2n) is 5.11. The largest absolute Gasteiger partial charge is 0.477 e. The molecular weight excluding hydrogens is 267 g/mol. The first-order valence-electron chi connectivity index (χ1n) is 6.07. The number of benzene rings is 1. The molecule has 1 aromatic carbocycles. The van der Waals surface area contributed by atoms with Gasteiger partial charge in [0, 0.05) is 12.6 Å². The standard InChI is InChI=1S/C13H17FN2O4/c1-5-13(2,3)15(4)11-6-8(12(17)18)10(16(19)20)7-9(11)14/h6-7H,5H2,1-4H3,(H,17,18). The minimum Gasteiger partial charge on any atom is -0.477 e. The van der Waals surface area contributed by atoms with Crippen LogP contribution in [0.2, 0.25) is 0 Å². The summed E-state index contributed by atoms with van der Waals surface area (Å²) in [4.78, 5) is 22.5. The molecule has 1 N–H and O–H groups in total. The predicted octanol–water partition coefficient (Wildman–Crippen LogP) is 3.06. The molecule has 0 amide bonds. The minimum absolute atomic E-state index is 0.0276. The highest BCUT2D eigenvalue weighted by Gasteiger charge is 2.29. The van der Waals surface area contributed by atoms with Gasteiger partial charge < -0.3 is 10.0 Å². The highest BCUT2D eigenvalue weighted by molar-refractivity contribution is 5.93. The number of carboxylic acid groups (broad SMARTS) is 1. The maximum atomic E-state index is 14.0. The van der Waals surface area contributed by atoms with Gasteiger partial charge in [-0.2, -0.15) is 0 Å². The molecule has 0 heterocycles. The van der Waals surface area contributed by atoms with Crippen LogP contribution in [0.25, 0.3) is 0 Å². The van der Waals surface area contributed by atoms with Gasteiger partial charge in [-0.25, -0.2) is 9.18 Å². The summed E-state index contributed by atoms with van der Waals surface area (Å²) in [6.07, 6.45) is 0.697. The summed E-state index contributed by atoms with van der Waals surface area (Å²) in [5.74, 6) is -2.27. The lowest BCUT2D eigenvalue weighted by Gasteiger charge is -2.37. The third-order valence-electron chi connectivity index (χ3n) is 3.63. The number of hydrogen-bond donors (Lipinski definition) is 1. The van der Waals surface area contributed by atoms with Crippen molar-refractivity contribution in [1.29, 1.82) is 0 Å². The van der Waals surface area contributed by atoms with Gasteiger partial charge in [-0.3, -0.25) is 10.1 Å². The topological polar surface area (TPSA) is 83.7 Å².